The Kier molecular flexibility index (Phi) is 3.50. The van der Waals surface area contributed by atoms with Crippen LogP contribution in [0.25, 0.3) is 0 Å². The average Bonchev–Trinajstić information content (AvgIpc) is 3.10. The third-order valence-corrected chi connectivity index (χ3v) is 6.04. The van der Waals surface area contributed by atoms with E-state index in [1.165, 1.54) is 0 Å². The van der Waals surface area contributed by atoms with Crippen LogP contribution in [-0.2, 0) is 14.8 Å². The number of rotatable bonds is 4. The topological polar surface area (TPSA) is 75.6 Å². The van der Waals surface area contributed by atoms with Crippen LogP contribution < -0.4 is 4.72 Å². The molecule has 4 atom stereocenters. The van der Waals surface area contributed by atoms with Crippen molar-refractivity contribution in [3.8, 4) is 0 Å². The first kappa shape index (κ1) is 14.8. The number of benzene rings is 2. The van der Waals surface area contributed by atoms with E-state index in [9.17, 15) is 13.5 Å². The number of hydrogen-bond donors (Lipinski definition) is 2. The lowest BCUT2D eigenvalue weighted by Crippen LogP contribution is -2.37. The SMILES string of the molecule is O=S(=O)(NC[C@@H]1[C@H](O)[C@@H]2O[C@H]1c1ccccc12)c1ccccc1. The number of ether oxygens (including phenoxy) is 1. The molecule has 2 aromatic carbocycles. The predicted molar refractivity (Wildman–Crippen MR) is 84.1 cm³/mol. The van der Waals surface area contributed by atoms with Crippen molar-refractivity contribution in [2.24, 2.45) is 5.92 Å². The largest absolute Gasteiger partial charge is 0.390 e. The minimum atomic E-state index is -3.58. The lowest BCUT2D eigenvalue weighted by atomic mass is 9.82. The normalized spacial score (nSPS) is 28.7. The van der Waals surface area contributed by atoms with Gasteiger partial charge in [0.1, 0.15) is 6.10 Å². The summed E-state index contributed by atoms with van der Waals surface area (Å²) in [5.74, 6) is -0.284. The number of nitrogens with one attached hydrogen (secondary N) is 1. The number of fused-ring (bicyclic) bond motifs is 5. The summed E-state index contributed by atoms with van der Waals surface area (Å²) >= 11 is 0. The van der Waals surface area contributed by atoms with Gasteiger partial charge in [-0.3, -0.25) is 0 Å². The van der Waals surface area contributed by atoms with Crippen LogP contribution in [-0.4, -0.2) is 26.2 Å². The van der Waals surface area contributed by atoms with Crippen LogP contribution in [0.2, 0.25) is 0 Å². The van der Waals surface area contributed by atoms with Crippen LogP contribution in [0.4, 0.5) is 0 Å². The summed E-state index contributed by atoms with van der Waals surface area (Å²) in [6.45, 7) is 0.147. The first-order chi connectivity index (χ1) is 11.1. The van der Waals surface area contributed by atoms with Gasteiger partial charge in [0.25, 0.3) is 0 Å². The molecule has 2 N–H and O–H groups in total. The lowest BCUT2D eigenvalue weighted by molar-refractivity contribution is 0.0299. The molecule has 6 heteroatoms. The van der Waals surface area contributed by atoms with Crippen molar-refractivity contribution < 1.29 is 18.3 Å². The highest BCUT2D eigenvalue weighted by atomic mass is 32.2. The van der Waals surface area contributed by atoms with Gasteiger partial charge in [-0.25, -0.2) is 13.1 Å². The molecule has 1 saturated heterocycles. The molecule has 2 aliphatic rings. The quantitative estimate of drug-likeness (QED) is 0.895. The van der Waals surface area contributed by atoms with E-state index in [1.807, 2.05) is 24.3 Å². The van der Waals surface area contributed by atoms with Gasteiger partial charge in [0.15, 0.2) is 0 Å². The molecule has 0 aliphatic carbocycles. The minimum absolute atomic E-state index is 0.147. The van der Waals surface area contributed by atoms with Gasteiger partial charge >= 0.3 is 0 Å². The maximum Gasteiger partial charge on any atom is 0.240 e. The Balaban J connectivity index is 1.53. The predicted octanol–water partition coefficient (Wildman–Crippen LogP) is 1.77. The van der Waals surface area contributed by atoms with Gasteiger partial charge in [-0.15, -0.1) is 0 Å². The Morgan fingerprint density at radius 1 is 0.957 bits per heavy atom. The van der Waals surface area contributed by atoms with Crippen molar-refractivity contribution in [3.05, 3.63) is 65.7 Å². The van der Waals surface area contributed by atoms with Gasteiger partial charge in [0.2, 0.25) is 10.0 Å². The van der Waals surface area contributed by atoms with Crippen LogP contribution in [0.1, 0.15) is 23.3 Å². The van der Waals surface area contributed by atoms with Crippen molar-refractivity contribution >= 4 is 10.0 Å². The first-order valence-electron chi connectivity index (χ1n) is 7.55. The fourth-order valence-electron chi connectivity index (χ4n) is 3.45. The molecule has 120 valence electrons. The second-order valence-electron chi connectivity index (χ2n) is 5.93. The van der Waals surface area contributed by atoms with Crippen molar-refractivity contribution in [1.29, 1.82) is 0 Å². The van der Waals surface area contributed by atoms with Gasteiger partial charge in [0, 0.05) is 12.5 Å². The molecule has 1 fully saturated rings. The smallest absolute Gasteiger partial charge is 0.240 e. The van der Waals surface area contributed by atoms with Gasteiger partial charge in [-0.05, 0) is 23.3 Å². The van der Waals surface area contributed by atoms with Crippen molar-refractivity contribution in [3.63, 3.8) is 0 Å². The van der Waals surface area contributed by atoms with E-state index in [-0.39, 0.29) is 29.6 Å². The lowest BCUT2D eigenvalue weighted by Gasteiger charge is -2.26. The number of aliphatic hydroxyl groups excluding tert-OH is 1. The Hall–Kier alpha value is -1.73. The van der Waals surface area contributed by atoms with Crippen LogP contribution in [0.3, 0.4) is 0 Å². The van der Waals surface area contributed by atoms with E-state index in [0.717, 1.165) is 11.1 Å². The molecule has 5 nitrogen and oxygen atoms in total. The van der Waals surface area contributed by atoms with Crippen LogP contribution in [0.5, 0.6) is 0 Å². The molecule has 0 unspecified atom stereocenters. The zero-order valence-electron chi connectivity index (χ0n) is 12.3. The number of aliphatic hydroxyl groups is 1. The van der Waals surface area contributed by atoms with E-state index in [1.54, 1.807) is 30.3 Å². The van der Waals surface area contributed by atoms with Gasteiger partial charge < -0.3 is 9.84 Å². The van der Waals surface area contributed by atoms with Crippen LogP contribution in [0.15, 0.2) is 59.5 Å². The molecule has 0 saturated carbocycles. The molecular formula is C17H17NO4S. The van der Waals surface area contributed by atoms with Crippen molar-refractivity contribution in [2.75, 3.05) is 6.54 Å². The zero-order valence-corrected chi connectivity index (χ0v) is 13.1. The Morgan fingerprint density at radius 2 is 1.57 bits per heavy atom. The second kappa shape index (κ2) is 5.42. The maximum absolute atomic E-state index is 12.3. The monoisotopic (exact) mass is 331 g/mol. The van der Waals surface area contributed by atoms with Crippen LogP contribution in [0, 0.1) is 5.92 Å². The second-order valence-corrected chi connectivity index (χ2v) is 7.69. The highest BCUT2D eigenvalue weighted by molar-refractivity contribution is 7.89. The molecule has 0 amide bonds. The highest BCUT2D eigenvalue weighted by Crippen LogP contribution is 2.53. The summed E-state index contributed by atoms with van der Waals surface area (Å²) in [6, 6.07) is 16.0. The number of sulfonamides is 1. The van der Waals surface area contributed by atoms with Crippen molar-refractivity contribution in [2.45, 2.75) is 23.2 Å². The van der Waals surface area contributed by atoms with E-state index in [2.05, 4.69) is 4.72 Å². The minimum Gasteiger partial charge on any atom is -0.390 e. The Labute approximate surface area is 135 Å². The molecule has 2 bridgehead atoms. The molecule has 0 aromatic heterocycles. The first-order valence-corrected chi connectivity index (χ1v) is 9.03. The molecule has 4 rings (SSSR count). The summed E-state index contributed by atoms with van der Waals surface area (Å²) in [5, 5.41) is 10.4. The van der Waals surface area contributed by atoms with Crippen molar-refractivity contribution in [1.82, 2.24) is 4.72 Å². The van der Waals surface area contributed by atoms with Gasteiger partial charge in [0.05, 0.1) is 17.1 Å². The maximum atomic E-state index is 12.3. The summed E-state index contributed by atoms with van der Waals surface area (Å²) in [6.07, 6.45) is -1.32. The highest BCUT2D eigenvalue weighted by Gasteiger charge is 2.51. The van der Waals surface area contributed by atoms with Gasteiger partial charge in [-0.1, -0.05) is 42.5 Å². The molecule has 0 radical (unpaired) electrons. The third kappa shape index (κ3) is 2.38. The van der Waals surface area contributed by atoms with E-state index in [4.69, 9.17) is 4.74 Å². The summed E-state index contributed by atoms with van der Waals surface area (Å²) < 4.78 is 33.1. The third-order valence-electron chi connectivity index (χ3n) is 4.60. The summed E-state index contributed by atoms with van der Waals surface area (Å²) in [4.78, 5) is 0.221. The van der Waals surface area contributed by atoms with E-state index >= 15 is 0 Å². The fraction of sp³-hybridized carbons (Fsp3) is 0.294. The standard InChI is InChI=1S/C17H17NO4S/c19-15-14(10-18-23(20,21)11-6-2-1-3-7-11)16-12-8-4-5-9-13(12)17(15)22-16/h1-9,14-19H,10H2/t14-,15+,16+,17-/m1/s1. The fourth-order valence-corrected chi connectivity index (χ4v) is 4.54. The average molecular weight is 331 g/mol. The van der Waals surface area contributed by atoms with Gasteiger partial charge in [-0.2, -0.15) is 0 Å². The number of hydrogen-bond acceptors (Lipinski definition) is 4. The van der Waals surface area contributed by atoms with E-state index in [0.29, 0.717) is 0 Å². The summed E-state index contributed by atoms with van der Waals surface area (Å²) in [7, 11) is -3.58. The Morgan fingerprint density at radius 3 is 2.26 bits per heavy atom. The Bertz CT molecular complexity index is 821. The van der Waals surface area contributed by atoms with Crippen LogP contribution >= 0.6 is 0 Å². The molecular weight excluding hydrogens is 314 g/mol. The molecule has 23 heavy (non-hydrogen) atoms. The molecule has 2 heterocycles. The molecule has 2 aromatic rings. The zero-order chi connectivity index (χ0) is 16.0. The molecule has 0 spiro atoms. The molecule has 2 aliphatic heterocycles. The van der Waals surface area contributed by atoms with E-state index < -0.39 is 16.1 Å². The summed E-state index contributed by atoms with van der Waals surface area (Å²) in [5.41, 5.74) is 2.05.